The van der Waals surface area contributed by atoms with E-state index >= 15 is 0 Å². The lowest BCUT2D eigenvalue weighted by Crippen LogP contribution is -2.17. The Bertz CT molecular complexity index is 1220. The number of hydrogen-bond acceptors (Lipinski definition) is 6. The molecule has 0 fully saturated rings. The minimum atomic E-state index is -0.412. The van der Waals surface area contributed by atoms with Crippen LogP contribution in [0.25, 0.3) is 16.7 Å². The molecule has 0 bridgehead atoms. The number of carbonyl (C=O) groups excluding carboxylic acids is 1. The van der Waals surface area contributed by atoms with Gasteiger partial charge >= 0.3 is 5.97 Å². The Morgan fingerprint density at radius 2 is 1.86 bits per heavy atom. The molecule has 0 spiro atoms. The van der Waals surface area contributed by atoms with Gasteiger partial charge in [-0.3, -0.25) is 4.79 Å². The quantitative estimate of drug-likeness (QED) is 0.404. The van der Waals surface area contributed by atoms with Crippen molar-refractivity contribution in [2.75, 3.05) is 7.11 Å². The van der Waals surface area contributed by atoms with E-state index in [2.05, 4.69) is 19.9 Å². The summed E-state index contributed by atoms with van der Waals surface area (Å²) < 4.78 is 7.42. The van der Waals surface area contributed by atoms with E-state index in [9.17, 15) is 9.59 Å². The number of methoxy groups -OCH3 is 1. The Balaban J connectivity index is 1.65. The third-order valence-electron chi connectivity index (χ3n) is 4.14. The maximum Gasteiger partial charge on any atom is 0.337 e. The van der Waals surface area contributed by atoms with E-state index in [1.165, 1.54) is 25.8 Å². The molecule has 8 nitrogen and oxygen atoms in total. The van der Waals surface area contributed by atoms with Crippen LogP contribution >= 0.6 is 0 Å². The first-order chi connectivity index (χ1) is 13.7. The average Bonchev–Trinajstić information content (AvgIpc) is 3.19. The van der Waals surface area contributed by atoms with Crippen molar-refractivity contribution < 1.29 is 9.53 Å². The Morgan fingerprint density at radius 3 is 2.57 bits per heavy atom. The summed E-state index contributed by atoms with van der Waals surface area (Å²) in [7, 11) is 1.33. The molecule has 0 aliphatic rings. The number of ether oxygens (including phenoxy) is 1. The van der Waals surface area contributed by atoms with E-state index in [0.29, 0.717) is 16.6 Å². The number of aromatic nitrogens is 4. The molecule has 0 aliphatic heterocycles. The Labute approximate surface area is 159 Å². The molecule has 28 heavy (non-hydrogen) atoms. The number of rotatable bonds is 4. The Hall–Kier alpha value is -4.07. The molecule has 0 saturated carbocycles. The lowest BCUT2D eigenvalue weighted by atomic mass is 10.1. The van der Waals surface area contributed by atoms with E-state index in [1.807, 2.05) is 30.3 Å². The van der Waals surface area contributed by atoms with Crippen molar-refractivity contribution in [3.8, 4) is 5.69 Å². The van der Waals surface area contributed by atoms with Gasteiger partial charge in [-0.15, -0.1) is 0 Å². The van der Waals surface area contributed by atoms with Crippen LogP contribution in [0, 0.1) is 0 Å². The van der Waals surface area contributed by atoms with Crippen LogP contribution in [-0.4, -0.2) is 38.7 Å². The van der Waals surface area contributed by atoms with E-state index in [1.54, 1.807) is 28.9 Å². The number of nitrogens with zero attached hydrogens (tertiary/aromatic N) is 5. The third-order valence-corrected chi connectivity index (χ3v) is 4.14. The number of benzene rings is 2. The number of fused-ring (bicyclic) bond motifs is 1. The summed E-state index contributed by atoms with van der Waals surface area (Å²) in [6.45, 7) is 0. The van der Waals surface area contributed by atoms with Gasteiger partial charge in [0, 0.05) is 0 Å². The minimum absolute atomic E-state index is 0.324. The summed E-state index contributed by atoms with van der Waals surface area (Å²) in [5.41, 5.74) is 2.11. The normalized spacial score (nSPS) is 11.2. The molecule has 0 amide bonds. The molecule has 0 radical (unpaired) electrons. The van der Waals surface area contributed by atoms with Gasteiger partial charge in [0.15, 0.2) is 5.65 Å². The summed E-state index contributed by atoms with van der Waals surface area (Å²) in [6, 6.07) is 16.1. The summed E-state index contributed by atoms with van der Waals surface area (Å²) in [4.78, 5) is 28.5. The van der Waals surface area contributed by atoms with Crippen LogP contribution in [0.3, 0.4) is 0 Å². The Kier molecular flexibility index (Phi) is 4.51. The number of esters is 1. The van der Waals surface area contributed by atoms with Crippen LogP contribution in [0.15, 0.2) is 77.0 Å². The van der Waals surface area contributed by atoms with Crippen LogP contribution < -0.4 is 5.56 Å². The van der Waals surface area contributed by atoms with E-state index in [0.717, 1.165) is 15.9 Å². The summed E-state index contributed by atoms with van der Waals surface area (Å²) in [5, 5.41) is 8.80. The van der Waals surface area contributed by atoms with Crippen molar-refractivity contribution in [2.45, 2.75) is 0 Å². The fourth-order valence-electron chi connectivity index (χ4n) is 2.69. The molecule has 0 aliphatic carbocycles. The highest BCUT2D eigenvalue weighted by Crippen LogP contribution is 2.13. The SMILES string of the molecule is COC(=O)c1ccc(/C=N\n2cnc3c(cnn3-c3ccccc3)c2=O)cc1. The first-order valence-electron chi connectivity index (χ1n) is 8.41. The molecule has 0 saturated heterocycles. The average molecular weight is 373 g/mol. The second kappa shape index (κ2) is 7.28. The highest BCUT2D eigenvalue weighted by atomic mass is 16.5. The summed E-state index contributed by atoms with van der Waals surface area (Å²) in [5.74, 6) is -0.412. The Morgan fingerprint density at radius 1 is 1.11 bits per heavy atom. The molecule has 0 atom stereocenters. The predicted molar refractivity (Wildman–Crippen MR) is 104 cm³/mol. The smallest absolute Gasteiger partial charge is 0.337 e. The summed E-state index contributed by atoms with van der Waals surface area (Å²) >= 11 is 0. The minimum Gasteiger partial charge on any atom is -0.465 e. The molecule has 0 unspecified atom stereocenters. The maximum absolute atomic E-state index is 12.7. The van der Waals surface area contributed by atoms with Crippen LogP contribution in [0.2, 0.25) is 0 Å². The van der Waals surface area contributed by atoms with Gasteiger partial charge in [0.05, 0.1) is 30.8 Å². The van der Waals surface area contributed by atoms with Crippen molar-refractivity contribution in [2.24, 2.45) is 5.10 Å². The highest BCUT2D eigenvalue weighted by molar-refractivity contribution is 5.90. The first-order valence-corrected chi connectivity index (χ1v) is 8.41. The largest absolute Gasteiger partial charge is 0.465 e. The summed E-state index contributed by atoms with van der Waals surface area (Å²) in [6.07, 6.45) is 4.34. The van der Waals surface area contributed by atoms with Gasteiger partial charge in [-0.1, -0.05) is 30.3 Å². The van der Waals surface area contributed by atoms with E-state index < -0.39 is 5.97 Å². The second-order valence-corrected chi connectivity index (χ2v) is 5.88. The van der Waals surface area contributed by atoms with Gasteiger partial charge in [0.1, 0.15) is 11.7 Å². The predicted octanol–water partition coefficient (Wildman–Crippen LogP) is 2.25. The van der Waals surface area contributed by atoms with Crippen molar-refractivity contribution in [1.82, 2.24) is 19.4 Å². The van der Waals surface area contributed by atoms with Gasteiger partial charge in [0.25, 0.3) is 5.56 Å². The number of carbonyl (C=O) groups is 1. The van der Waals surface area contributed by atoms with Gasteiger partial charge in [-0.25, -0.2) is 14.5 Å². The maximum atomic E-state index is 12.7. The molecular weight excluding hydrogens is 358 g/mol. The van der Waals surface area contributed by atoms with Gasteiger partial charge < -0.3 is 4.74 Å². The van der Waals surface area contributed by atoms with Gasteiger partial charge in [0.2, 0.25) is 0 Å². The molecule has 138 valence electrons. The molecular formula is C20H15N5O3. The zero-order valence-electron chi connectivity index (χ0n) is 14.9. The lowest BCUT2D eigenvalue weighted by Gasteiger charge is -2.03. The molecule has 8 heteroatoms. The molecule has 2 heterocycles. The standard InChI is InChI=1S/C20H15N5O3/c1-28-20(27)15-9-7-14(8-10-15)11-22-24-13-21-18-17(19(24)26)12-23-25(18)16-5-3-2-4-6-16/h2-13H,1H3/b22-11-. The van der Waals surface area contributed by atoms with Crippen molar-refractivity contribution in [1.29, 1.82) is 0 Å². The second-order valence-electron chi connectivity index (χ2n) is 5.88. The molecule has 4 aromatic rings. The number of hydrogen-bond donors (Lipinski definition) is 0. The first kappa shape index (κ1) is 17.3. The van der Waals surface area contributed by atoms with Crippen LogP contribution in [-0.2, 0) is 4.74 Å². The van der Waals surface area contributed by atoms with Gasteiger partial charge in [-0.05, 0) is 29.8 Å². The highest BCUT2D eigenvalue weighted by Gasteiger charge is 2.11. The number of para-hydroxylation sites is 1. The van der Waals surface area contributed by atoms with Crippen molar-refractivity contribution >= 4 is 23.2 Å². The van der Waals surface area contributed by atoms with E-state index in [-0.39, 0.29) is 5.56 Å². The molecule has 2 aromatic carbocycles. The zero-order chi connectivity index (χ0) is 19.5. The van der Waals surface area contributed by atoms with E-state index in [4.69, 9.17) is 0 Å². The van der Waals surface area contributed by atoms with Crippen molar-refractivity contribution in [3.05, 3.63) is 88.6 Å². The lowest BCUT2D eigenvalue weighted by molar-refractivity contribution is 0.0600. The third kappa shape index (κ3) is 3.18. The molecule has 4 rings (SSSR count). The fourth-order valence-corrected chi connectivity index (χ4v) is 2.69. The monoisotopic (exact) mass is 373 g/mol. The zero-order valence-corrected chi connectivity index (χ0v) is 14.9. The van der Waals surface area contributed by atoms with Crippen molar-refractivity contribution in [3.63, 3.8) is 0 Å². The van der Waals surface area contributed by atoms with Gasteiger partial charge in [-0.2, -0.15) is 14.9 Å². The fraction of sp³-hybridized carbons (Fsp3) is 0.0500. The van der Waals surface area contributed by atoms with Crippen LogP contribution in [0.5, 0.6) is 0 Å². The van der Waals surface area contributed by atoms with Crippen LogP contribution in [0.1, 0.15) is 15.9 Å². The molecule has 2 aromatic heterocycles. The molecule has 0 N–H and O–H groups in total. The van der Waals surface area contributed by atoms with Crippen LogP contribution in [0.4, 0.5) is 0 Å². The topological polar surface area (TPSA) is 91.4 Å².